The monoisotopic (exact) mass is 543 g/mol. The van der Waals surface area contributed by atoms with Crippen LogP contribution in [0.2, 0.25) is 0 Å². The summed E-state index contributed by atoms with van der Waals surface area (Å²) in [4.78, 5) is 20.7. The van der Waals surface area contributed by atoms with Crippen molar-refractivity contribution in [1.82, 2.24) is 15.5 Å². The van der Waals surface area contributed by atoms with Crippen LogP contribution in [-0.4, -0.2) is 69.7 Å². The van der Waals surface area contributed by atoms with Gasteiger partial charge < -0.3 is 25.2 Å². The molecule has 2 N–H and O–H groups in total. The van der Waals surface area contributed by atoms with Crippen LogP contribution >= 0.6 is 24.0 Å². The minimum absolute atomic E-state index is 0. The van der Waals surface area contributed by atoms with Crippen molar-refractivity contribution in [1.29, 1.82) is 0 Å². The maximum absolute atomic E-state index is 12.1. The molecular formula is C23H38IN5O2. The topological polar surface area (TPSA) is 69.2 Å². The molecule has 0 aromatic heterocycles. The molecule has 174 valence electrons. The van der Waals surface area contributed by atoms with Crippen LogP contribution in [0, 0.1) is 5.92 Å². The van der Waals surface area contributed by atoms with E-state index in [-0.39, 0.29) is 42.5 Å². The van der Waals surface area contributed by atoms with E-state index in [9.17, 15) is 4.79 Å². The van der Waals surface area contributed by atoms with Crippen LogP contribution in [0.4, 0.5) is 5.69 Å². The second-order valence-corrected chi connectivity index (χ2v) is 8.71. The van der Waals surface area contributed by atoms with Gasteiger partial charge in [-0.1, -0.05) is 31.9 Å². The van der Waals surface area contributed by atoms with Crippen LogP contribution < -0.4 is 20.3 Å². The molecule has 0 spiro atoms. The molecule has 3 unspecified atom stereocenters. The van der Waals surface area contributed by atoms with Gasteiger partial charge in [0.25, 0.3) is 0 Å². The first-order valence-corrected chi connectivity index (χ1v) is 11.1. The van der Waals surface area contributed by atoms with E-state index in [0.717, 1.165) is 43.3 Å². The van der Waals surface area contributed by atoms with Gasteiger partial charge in [-0.3, -0.25) is 4.79 Å². The van der Waals surface area contributed by atoms with E-state index in [0.29, 0.717) is 12.0 Å². The van der Waals surface area contributed by atoms with Crippen molar-refractivity contribution in [2.75, 3.05) is 45.7 Å². The fourth-order valence-electron chi connectivity index (χ4n) is 4.31. The molecule has 0 bridgehead atoms. The van der Waals surface area contributed by atoms with Gasteiger partial charge >= 0.3 is 0 Å². The van der Waals surface area contributed by atoms with Crippen LogP contribution in [0.3, 0.4) is 0 Å². The average molecular weight is 543 g/mol. The number of nitrogens with one attached hydrogen (secondary N) is 2. The molecule has 7 nitrogen and oxygen atoms in total. The number of rotatable bonds is 6. The molecular weight excluding hydrogens is 505 g/mol. The van der Waals surface area contributed by atoms with Crippen molar-refractivity contribution in [3.8, 4) is 5.75 Å². The lowest BCUT2D eigenvalue weighted by Gasteiger charge is -2.31. The van der Waals surface area contributed by atoms with Gasteiger partial charge in [0, 0.05) is 39.3 Å². The number of para-hydroxylation sites is 2. The lowest BCUT2D eigenvalue weighted by Crippen LogP contribution is -2.51. The van der Waals surface area contributed by atoms with Gasteiger partial charge in [0.05, 0.1) is 12.8 Å². The fraction of sp³-hybridized carbons (Fsp3) is 0.652. The Labute approximate surface area is 204 Å². The lowest BCUT2D eigenvalue weighted by atomic mass is 9.86. The Morgan fingerprint density at radius 1 is 1.19 bits per heavy atom. The van der Waals surface area contributed by atoms with E-state index in [1.54, 1.807) is 26.1 Å². The maximum atomic E-state index is 12.1. The second kappa shape index (κ2) is 12.4. The Morgan fingerprint density at radius 2 is 1.94 bits per heavy atom. The summed E-state index contributed by atoms with van der Waals surface area (Å²) in [6.45, 7) is 4.30. The summed E-state index contributed by atoms with van der Waals surface area (Å²) in [7, 11) is 5.25. The zero-order valence-electron chi connectivity index (χ0n) is 19.3. The molecule has 31 heavy (non-hydrogen) atoms. The molecule has 8 heteroatoms. The number of anilines is 1. The molecule has 3 atom stereocenters. The Balaban J connectivity index is 0.00000341. The third-order valence-corrected chi connectivity index (χ3v) is 6.26. The average Bonchev–Trinajstić information content (AvgIpc) is 3.21. The number of nitrogens with zero attached hydrogens (tertiary/aromatic N) is 3. The molecule has 3 rings (SSSR count). The SMILES string of the molecule is COc1ccccc1N1CCC(NC(=NCC(=O)N(C)C)NC2CCCCC2C)C1.I. The van der Waals surface area contributed by atoms with Gasteiger partial charge in [0.2, 0.25) is 5.91 Å². The third kappa shape index (κ3) is 7.15. The summed E-state index contributed by atoms with van der Waals surface area (Å²) in [5.74, 6) is 2.28. The van der Waals surface area contributed by atoms with Crippen molar-refractivity contribution >= 4 is 41.5 Å². The number of halogens is 1. The molecule has 1 aliphatic heterocycles. The highest BCUT2D eigenvalue weighted by Gasteiger charge is 2.27. The predicted octanol–water partition coefficient (Wildman–Crippen LogP) is 3.09. The van der Waals surface area contributed by atoms with Crippen molar-refractivity contribution in [3.63, 3.8) is 0 Å². The highest BCUT2D eigenvalue weighted by Crippen LogP contribution is 2.30. The number of benzene rings is 1. The van der Waals surface area contributed by atoms with Crippen LogP contribution in [0.5, 0.6) is 5.75 Å². The van der Waals surface area contributed by atoms with E-state index in [2.05, 4.69) is 33.5 Å². The fourth-order valence-corrected chi connectivity index (χ4v) is 4.31. The smallest absolute Gasteiger partial charge is 0.243 e. The van der Waals surface area contributed by atoms with Crippen LogP contribution in [0.15, 0.2) is 29.3 Å². The Hall–Kier alpha value is -1.71. The quantitative estimate of drug-likeness (QED) is 0.328. The number of guanidine groups is 1. The number of amides is 1. The molecule has 2 fully saturated rings. The Kier molecular flexibility index (Phi) is 10.2. The molecule has 1 saturated carbocycles. The van der Waals surface area contributed by atoms with Crippen LogP contribution in [-0.2, 0) is 4.79 Å². The number of carbonyl (C=O) groups excluding carboxylic acids is 1. The van der Waals surface area contributed by atoms with E-state index < -0.39 is 0 Å². The highest BCUT2D eigenvalue weighted by molar-refractivity contribution is 14.0. The first-order valence-electron chi connectivity index (χ1n) is 11.1. The number of methoxy groups -OCH3 is 1. The van der Waals surface area contributed by atoms with Crippen LogP contribution in [0.25, 0.3) is 0 Å². The zero-order chi connectivity index (χ0) is 21.5. The number of carbonyl (C=O) groups is 1. The van der Waals surface area contributed by atoms with Gasteiger partial charge in [0.1, 0.15) is 12.3 Å². The Morgan fingerprint density at radius 3 is 2.65 bits per heavy atom. The summed E-state index contributed by atoms with van der Waals surface area (Å²) in [5.41, 5.74) is 1.12. The minimum atomic E-state index is 0. The van der Waals surface area contributed by atoms with E-state index in [1.165, 1.54) is 19.3 Å². The maximum Gasteiger partial charge on any atom is 0.243 e. The first-order chi connectivity index (χ1) is 14.5. The molecule has 1 aliphatic carbocycles. The largest absolute Gasteiger partial charge is 0.495 e. The predicted molar refractivity (Wildman–Crippen MR) is 138 cm³/mol. The summed E-state index contributed by atoms with van der Waals surface area (Å²) in [5, 5.41) is 7.23. The van der Waals surface area contributed by atoms with Gasteiger partial charge in [-0.2, -0.15) is 0 Å². The van der Waals surface area contributed by atoms with Crippen molar-refractivity contribution in [2.45, 2.75) is 51.1 Å². The van der Waals surface area contributed by atoms with Crippen molar-refractivity contribution < 1.29 is 9.53 Å². The van der Waals surface area contributed by atoms with E-state index in [4.69, 9.17) is 4.74 Å². The number of likely N-dealkylation sites (N-methyl/N-ethyl adjacent to an activating group) is 1. The summed E-state index contributed by atoms with van der Waals surface area (Å²) < 4.78 is 5.53. The molecule has 1 saturated heterocycles. The second-order valence-electron chi connectivity index (χ2n) is 8.71. The van der Waals surface area contributed by atoms with E-state index in [1.807, 2.05) is 18.2 Å². The molecule has 1 aromatic carbocycles. The Bertz CT molecular complexity index is 742. The standard InChI is InChI=1S/C23H37N5O2.HI/c1-17-9-5-6-10-19(17)26-23(24-15-22(29)27(2)3)25-18-13-14-28(16-18)20-11-7-8-12-21(20)30-4;/h7-8,11-12,17-19H,5-6,9-10,13-16H2,1-4H3,(H2,24,25,26);1H. The molecule has 1 aromatic rings. The summed E-state index contributed by atoms with van der Waals surface area (Å²) in [6.07, 6.45) is 5.96. The number of hydrogen-bond donors (Lipinski definition) is 2. The van der Waals surface area contributed by atoms with E-state index >= 15 is 0 Å². The van der Waals surface area contributed by atoms with Gasteiger partial charge in [0.15, 0.2) is 5.96 Å². The zero-order valence-corrected chi connectivity index (χ0v) is 21.6. The first kappa shape index (κ1) is 25.5. The lowest BCUT2D eigenvalue weighted by molar-refractivity contribution is -0.127. The molecule has 2 aliphatic rings. The van der Waals surface area contributed by atoms with Crippen molar-refractivity contribution in [2.24, 2.45) is 10.9 Å². The minimum Gasteiger partial charge on any atom is -0.495 e. The summed E-state index contributed by atoms with van der Waals surface area (Å²) >= 11 is 0. The van der Waals surface area contributed by atoms with Gasteiger partial charge in [-0.05, 0) is 37.3 Å². The van der Waals surface area contributed by atoms with Gasteiger partial charge in [-0.25, -0.2) is 4.99 Å². The normalized spacial score (nSPS) is 23.7. The van der Waals surface area contributed by atoms with Crippen molar-refractivity contribution in [3.05, 3.63) is 24.3 Å². The molecule has 1 amide bonds. The number of ether oxygens (including phenoxy) is 1. The van der Waals surface area contributed by atoms with Crippen LogP contribution in [0.1, 0.15) is 39.0 Å². The van der Waals surface area contributed by atoms with Gasteiger partial charge in [-0.15, -0.1) is 24.0 Å². The highest BCUT2D eigenvalue weighted by atomic mass is 127. The number of hydrogen-bond acceptors (Lipinski definition) is 4. The summed E-state index contributed by atoms with van der Waals surface area (Å²) in [6, 6.07) is 8.83. The molecule has 1 heterocycles. The molecule has 0 radical (unpaired) electrons. The third-order valence-electron chi connectivity index (χ3n) is 6.26. The number of aliphatic imine (C=N–C) groups is 1.